The second kappa shape index (κ2) is 5.83. The van der Waals surface area contributed by atoms with Crippen LogP contribution in [0.15, 0.2) is 0 Å². The quantitative estimate of drug-likeness (QED) is 0.761. The summed E-state index contributed by atoms with van der Waals surface area (Å²) in [7, 11) is 0. The largest absolute Gasteiger partial charge is 0.378 e. The first-order chi connectivity index (χ1) is 7.40. The number of ether oxygens (including phenoxy) is 1. The van der Waals surface area contributed by atoms with E-state index < -0.39 is 0 Å². The Bertz CT molecular complexity index is 182. The van der Waals surface area contributed by atoms with Gasteiger partial charge in [-0.25, -0.2) is 0 Å². The monoisotopic (exact) mass is 212 g/mol. The minimum absolute atomic E-state index is 0.725. The average Bonchev–Trinajstić information content (AvgIpc) is 2.38. The Hall–Kier alpha value is -0.120. The Morgan fingerprint density at radius 1 is 1.27 bits per heavy atom. The molecule has 0 bridgehead atoms. The lowest BCUT2D eigenvalue weighted by molar-refractivity contribution is -0.0672. The van der Waals surface area contributed by atoms with Crippen molar-refractivity contribution in [2.24, 2.45) is 11.7 Å². The maximum Gasteiger partial charge on any atom is 0.0645 e. The smallest absolute Gasteiger partial charge is 0.0645 e. The number of hydrogen-bond acceptors (Lipinski definition) is 3. The van der Waals surface area contributed by atoms with Crippen LogP contribution in [-0.4, -0.2) is 43.8 Å². The van der Waals surface area contributed by atoms with E-state index in [1.807, 2.05) is 0 Å². The van der Waals surface area contributed by atoms with Gasteiger partial charge in [0.1, 0.15) is 0 Å². The third kappa shape index (κ3) is 3.16. The molecule has 0 aromatic heterocycles. The first kappa shape index (κ1) is 11.4. The van der Waals surface area contributed by atoms with Crippen LogP contribution in [0.4, 0.5) is 0 Å². The number of hydrogen-bond donors (Lipinski definition) is 1. The molecule has 0 aromatic carbocycles. The predicted octanol–water partition coefficient (Wildman–Crippen LogP) is 1.23. The molecule has 3 heteroatoms. The summed E-state index contributed by atoms with van der Waals surface area (Å²) in [5.74, 6) is 0.886. The van der Waals surface area contributed by atoms with Crippen LogP contribution in [0.25, 0.3) is 0 Å². The van der Waals surface area contributed by atoms with Gasteiger partial charge in [0, 0.05) is 6.54 Å². The van der Waals surface area contributed by atoms with Crippen LogP contribution >= 0.6 is 0 Å². The van der Waals surface area contributed by atoms with Crippen molar-refractivity contribution >= 4 is 0 Å². The zero-order valence-corrected chi connectivity index (χ0v) is 9.66. The first-order valence-corrected chi connectivity index (χ1v) is 6.42. The molecule has 2 fully saturated rings. The molecule has 0 saturated carbocycles. The summed E-state index contributed by atoms with van der Waals surface area (Å²) in [5, 5.41) is 0. The van der Waals surface area contributed by atoms with Gasteiger partial charge in [0.05, 0.1) is 19.3 Å². The zero-order valence-electron chi connectivity index (χ0n) is 9.66. The standard InChI is InChI=1S/C12H24N2O/c13-6-3-5-11-4-1-2-7-14(8-11)12-9-15-10-12/h11-12H,1-10,13H2. The maximum absolute atomic E-state index is 5.58. The molecule has 1 unspecified atom stereocenters. The number of nitrogens with zero attached hydrogens (tertiary/aromatic N) is 1. The molecule has 0 amide bonds. The highest BCUT2D eigenvalue weighted by Crippen LogP contribution is 2.23. The van der Waals surface area contributed by atoms with Crippen molar-refractivity contribution in [2.45, 2.75) is 38.1 Å². The van der Waals surface area contributed by atoms with Gasteiger partial charge in [-0.15, -0.1) is 0 Å². The summed E-state index contributed by atoms with van der Waals surface area (Å²) in [5.41, 5.74) is 5.58. The molecule has 0 aliphatic carbocycles. The van der Waals surface area contributed by atoms with E-state index in [-0.39, 0.29) is 0 Å². The van der Waals surface area contributed by atoms with Crippen molar-refractivity contribution in [3.63, 3.8) is 0 Å². The topological polar surface area (TPSA) is 38.5 Å². The molecule has 0 radical (unpaired) electrons. The zero-order chi connectivity index (χ0) is 10.5. The second-order valence-electron chi connectivity index (χ2n) is 4.98. The van der Waals surface area contributed by atoms with Gasteiger partial charge in [0.2, 0.25) is 0 Å². The minimum Gasteiger partial charge on any atom is -0.378 e. The van der Waals surface area contributed by atoms with Crippen molar-refractivity contribution < 1.29 is 4.74 Å². The van der Waals surface area contributed by atoms with E-state index in [0.717, 1.165) is 31.7 Å². The van der Waals surface area contributed by atoms with Gasteiger partial charge in [0.25, 0.3) is 0 Å². The van der Waals surface area contributed by atoms with E-state index in [1.165, 1.54) is 45.2 Å². The molecule has 0 aromatic rings. The summed E-state index contributed by atoms with van der Waals surface area (Å²) in [6.45, 7) is 5.34. The molecule has 15 heavy (non-hydrogen) atoms. The summed E-state index contributed by atoms with van der Waals surface area (Å²) < 4.78 is 5.28. The lowest BCUT2D eigenvalue weighted by atomic mass is 9.97. The van der Waals surface area contributed by atoms with Crippen LogP contribution in [0.5, 0.6) is 0 Å². The minimum atomic E-state index is 0.725. The molecule has 2 rings (SSSR count). The van der Waals surface area contributed by atoms with Gasteiger partial charge in [-0.1, -0.05) is 6.42 Å². The number of rotatable bonds is 4. The molecule has 2 heterocycles. The van der Waals surface area contributed by atoms with Crippen LogP contribution < -0.4 is 5.73 Å². The van der Waals surface area contributed by atoms with E-state index in [1.54, 1.807) is 0 Å². The summed E-state index contributed by atoms with van der Waals surface area (Å²) in [4.78, 5) is 2.65. The molecule has 0 spiro atoms. The fourth-order valence-corrected chi connectivity index (χ4v) is 2.67. The van der Waals surface area contributed by atoms with Gasteiger partial charge in [-0.05, 0) is 44.7 Å². The van der Waals surface area contributed by atoms with E-state index in [0.29, 0.717) is 0 Å². The fraction of sp³-hybridized carbons (Fsp3) is 1.00. The van der Waals surface area contributed by atoms with Crippen LogP contribution in [0.3, 0.4) is 0 Å². The van der Waals surface area contributed by atoms with Gasteiger partial charge in [-0.2, -0.15) is 0 Å². The predicted molar refractivity (Wildman–Crippen MR) is 61.8 cm³/mol. The van der Waals surface area contributed by atoms with Crippen LogP contribution in [0.1, 0.15) is 32.1 Å². The van der Waals surface area contributed by atoms with Crippen LogP contribution in [0, 0.1) is 5.92 Å². The Kier molecular flexibility index (Phi) is 4.42. The van der Waals surface area contributed by atoms with Crippen LogP contribution in [0.2, 0.25) is 0 Å². The average molecular weight is 212 g/mol. The fourth-order valence-electron chi connectivity index (χ4n) is 2.67. The normalized spacial score (nSPS) is 29.8. The van der Waals surface area contributed by atoms with Crippen molar-refractivity contribution in [3.05, 3.63) is 0 Å². The molecule has 2 saturated heterocycles. The summed E-state index contributed by atoms with van der Waals surface area (Å²) in [6.07, 6.45) is 6.69. The van der Waals surface area contributed by atoms with Crippen LogP contribution in [-0.2, 0) is 4.74 Å². The summed E-state index contributed by atoms with van der Waals surface area (Å²) >= 11 is 0. The second-order valence-corrected chi connectivity index (χ2v) is 4.98. The Morgan fingerprint density at radius 2 is 2.13 bits per heavy atom. The molecule has 88 valence electrons. The number of likely N-dealkylation sites (tertiary alicyclic amines) is 1. The maximum atomic E-state index is 5.58. The van der Waals surface area contributed by atoms with Gasteiger partial charge in [-0.3, -0.25) is 4.90 Å². The first-order valence-electron chi connectivity index (χ1n) is 6.42. The molecular weight excluding hydrogens is 188 g/mol. The number of nitrogens with two attached hydrogens (primary N) is 1. The SMILES string of the molecule is NCCCC1CCCCN(C2COC2)C1. The molecule has 2 aliphatic rings. The Morgan fingerprint density at radius 3 is 2.80 bits per heavy atom. The molecule has 3 nitrogen and oxygen atoms in total. The molecule has 2 N–H and O–H groups in total. The highest BCUT2D eigenvalue weighted by molar-refractivity contribution is 4.81. The van der Waals surface area contributed by atoms with Gasteiger partial charge >= 0.3 is 0 Å². The molecule has 2 aliphatic heterocycles. The summed E-state index contributed by atoms with van der Waals surface area (Å²) in [6, 6.07) is 0.725. The van der Waals surface area contributed by atoms with E-state index in [9.17, 15) is 0 Å². The van der Waals surface area contributed by atoms with E-state index in [4.69, 9.17) is 10.5 Å². The third-order valence-corrected chi connectivity index (χ3v) is 3.75. The lowest BCUT2D eigenvalue weighted by Crippen LogP contribution is -2.50. The van der Waals surface area contributed by atoms with Gasteiger partial charge < -0.3 is 10.5 Å². The van der Waals surface area contributed by atoms with Crippen molar-refractivity contribution in [3.8, 4) is 0 Å². The van der Waals surface area contributed by atoms with Crippen molar-refractivity contribution in [1.29, 1.82) is 0 Å². The molecule has 1 atom stereocenters. The van der Waals surface area contributed by atoms with E-state index >= 15 is 0 Å². The lowest BCUT2D eigenvalue weighted by Gasteiger charge is -2.38. The highest BCUT2D eigenvalue weighted by Gasteiger charge is 2.28. The highest BCUT2D eigenvalue weighted by atomic mass is 16.5. The van der Waals surface area contributed by atoms with E-state index in [2.05, 4.69) is 4.90 Å². The Labute approximate surface area is 93.0 Å². The van der Waals surface area contributed by atoms with Crippen molar-refractivity contribution in [1.82, 2.24) is 4.90 Å². The van der Waals surface area contributed by atoms with Crippen molar-refractivity contribution in [2.75, 3.05) is 32.8 Å². The Balaban J connectivity index is 1.78. The van der Waals surface area contributed by atoms with Gasteiger partial charge in [0.15, 0.2) is 0 Å². The third-order valence-electron chi connectivity index (χ3n) is 3.75. The molecular formula is C12H24N2O.